The Morgan fingerprint density at radius 2 is 2.08 bits per heavy atom. The van der Waals surface area contributed by atoms with Crippen molar-refractivity contribution in [3.05, 3.63) is 34.9 Å². The van der Waals surface area contributed by atoms with Gasteiger partial charge in [0.25, 0.3) is 0 Å². The topological polar surface area (TPSA) is 30.7 Å². The highest BCUT2D eigenvalue weighted by Gasteiger charge is 2.04. The molecule has 1 heterocycles. The first-order valence-corrected chi connectivity index (χ1v) is 4.68. The maximum Gasteiger partial charge on any atom is 0.114 e. The predicted molar refractivity (Wildman–Crippen MR) is 54.1 cm³/mol. The molecule has 0 amide bonds. The maximum atomic E-state index is 4.03. The van der Waals surface area contributed by atoms with Crippen LogP contribution < -0.4 is 0 Å². The van der Waals surface area contributed by atoms with Gasteiger partial charge >= 0.3 is 0 Å². The highest BCUT2D eigenvalue weighted by atomic mass is 79.9. The van der Waals surface area contributed by atoms with Crippen LogP contribution in [0.15, 0.2) is 34.9 Å². The standard InChI is InChI=1S/C9H8BrN3/c1-13-6-9(11-12-13)7-4-2-3-5-8(7)10/h2-6H,1H3. The molecule has 0 aliphatic carbocycles. The summed E-state index contributed by atoms with van der Waals surface area (Å²) in [6.07, 6.45) is 1.89. The van der Waals surface area contributed by atoms with Crippen molar-refractivity contribution in [2.45, 2.75) is 0 Å². The predicted octanol–water partition coefficient (Wildman–Crippen LogP) is 2.24. The van der Waals surface area contributed by atoms with Crippen LogP contribution in [0, 0.1) is 0 Å². The van der Waals surface area contributed by atoms with E-state index in [0.717, 1.165) is 15.7 Å². The van der Waals surface area contributed by atoms with Crippen molar-refractivity contribution in [1.29, 1.82) is 0 Å². The van der Waals surface area contributed by atoms with Crippen molar-refractivity contribution < 1.29 is 0 Å². The molecule has 0 atom stereocenters. The number of halogens is 1. The van der Waals surface area contributed by atoms with Crippen LogP contribution >= 0.6 is 15.9 Å². The molecule has 0 unspecified atom stereocenters. The number of nitrogens with zero attached hydrogens (tertiary/aromatic N) is 3. The van der Waals surface area contributed by atoms with Crippen LogP contribution in [-0.2, 0) is 7.05 Å². The Balaban J connectivity index is 2.52. The lowest BCUT2D eigenvalue weighted by Gasteiger charge is -1.97. The third-order valence-corrected chi connectivity index (χ3v) is 2.44. The highest BCUT2D eigenvalue weighted by molar-refractivity contribution is 9.10. The summed E-state index contributed by atoms with van der Waals surface area (Å²) in [5.74, 6) is 0. The van der Waals surface area contributed by atoms with Crippen molar-refractivity contribution in [2.24, 2.45) is 7.05 Å². The normalized spacial score (nSPS) is 10.3. The average molecular weight is 238 g/mol. The van der Waals surface area contributed by atoms with Gasteiger partial charge in [-0.2, -0.15) is 0 Å². The van der Waals surface area contributed by atoms with E-state index in [-0.39, 0.29) is 0 Å². The van der Waals surface area contributed by atoms with Crippen LogP contribution in [0.1, 0.15) is 0 Å². The molecule has 0 fully saturated rings. The van der Waals surface area contributed by atoms with Crippen LogP contribution in [-0.4, -0.2) is 15.0 Å². The van der Waals surface area contributed by atoms with Gasteiger partial charge in [0.1, 0.15) is 5.69 Å². The van der Waals surface area contributed by atoms with E-state index in [4.69, 9.17) is 0 Å². The monoisotopic (exact) mass is 237 g/mol. The number of rotatable bonds is 1. The lowest BCUT2D eigenvalue weighted by molar-refractivity contribution is 0.715. The second-order valence-electron chi connectivity index (χ2n) is 2.76. The zero-order valence-electron chi connectivity index (χ0n) is 7.11. The third-order valence-electron chi connectivity index (χ3n) is 1.75. The van der Waals surface area contributed by atoms with Crippen LogP contribution in [0.5, 0.6) is 0 Å². The minimum absolute atomic E-state index is 0.884. The largest absolute Gasteiger partial charge is 0.255 e. The molecule has 0 aliphatic rings. The summed E-state index contributed by atoms with van der Waals surface area (Å²) in [5, 5.41) is 7.91. The summed E-state index contributed by atoms with van der Waals surface area (Å²) in [6.45, 7) is 0. The van der Waals surface area contributed by atoms with Gasteiger partial charge in [0, 0.05) is 17.1 Å². The van der Waals surface area contributed by atoms with E-state index < -0.39 is 0 Å². The summed E-state index contributed by atoms with van der Waals surface area (Å²) < 4.78 is 2.73. The van der Waals surface area contributed by atoms with Crippen molar-refractivity contribution in [3.63, 3.8) is 0 Å². The molecule has 0 bridgehead atoms. The first kappa shape index (κ1) is 8.44. The van der Waals surface area contributed by atoms with E-state index in [1.807, 2.05) is 37.5 Å². The fourth-order valence-corrected chi connectivity index (χ4v) is 1.63. The van der Waals surface area contributed by atoms with E-state index in [2.05, 4.69) is 26.2 Å². The Kier molecular flexibility index (Phi) is 2.14. The number of aromatic nitrogens is 3. The van der Waals surface area contributed by atoms with Gasteiger partial charge in [-0.3, -0.25) is 4.68 Å². The maximum absolute atomic E-state index is 4.03. The summed E-state index contributed by atoms with van der Waals surface area (Å²) in [7, 11) is 1.85. The molecular formula is C9H8BrN3. The highest BCUT2D eigenvalue weighted by Crippen LogP contribution is 2.25. The van der Waals surface area contributed by atoms with Gasteiger partial charge < -0.3 is 0 Å². The first-order valence-electron chi connectivity index (χ1n) is 3.88. The molecule has 0 saturated heterocycles. The second kappa shape index (κ2) is 3.30. The van der Waals surface area contributed by atoms with Crippen LogP contribution in [0.2, 0.25) is 0 Å². The second-order valence-corrected chi connectivity index (χ2v) is 3.61. The molecule has 13 heavy (non-hydrogen) atoms. The molecule has 2 aromatic rings. The molecular weight excluding hydrogens is 230 g/mol. The van der Waals surface area contributed by atoms with Gasteiger partial charge in [-0.1, -0.05) is 39.3 Å². The minimum Gasteiger partial charge on any atom is -0.255 e. The first-order chi connectivity index (χ1) is 6.27. The number of benzene rings is 1. The number of hydrogen-bond acceptors (Lipinski definition) is 2. The minimum atomic E-state index is 0.884. The van der Waals surface area contributed by atoms with E-state index in [1.165, 1.54) is 0 Å². The van der Waals surface area contributed by atoms with E-state index in [1.54, 1.807) is 4.68 Å². The van der Waals surface area contributed by atoms with E-state index in [0.29, 0.717) is 0 Å². The van der Waals surface area contributed by atoms with Gasteiger partial charge in [0.15, 0.2) is 0 Å². The van der Waals surface area contributed by atoms with Gasteiger partial charge in [-0.05, 0) is 6.07 Å². The molecule has 1 aromatic heterocycles. The molecule has 0 radical (unpaired) electrons. The molecule has 2 rings (SSSR count). The van der Waals surface area contributed by atoms with Crippen molar-refractivity contribution in [3.8, 4) is 11.3 Å². The Bertz CT molecular complexity index is 422. The van der Waals surface area contributed by atoms with Crippen LogP contribution in [0.25, 0.3) is 11.3 Å². The Hall–Kier alpha value is -1.16. The smallest absolute Gasteiger partial charge is 0.114 e. The molecule has 0 spiro atoms. The summed E-state index contributed by atoms with van der Waals surface area (Å²) >= 11 is 3.47. The van der Waals surface area contributed by atoms with Gasteiger partial charge in [-0.25, -0.2) is 0 Å². The number of hydrogen-bond donors (Lipinski definition) is 0. The lowest BCUT2D eigenvalue weighted by Crippen LogP contribution is -1.85. The number of aryl methyl sites for hydroxylation is 1. The average Bonchev–Trinajstić information content (AvgIpc) is 2.53. The lowest BCUT2D eigenvalue weighted by atomic mass is 10.2. The summed E-state index contributed by atoms with van der Waals surface area (Å²) in [6, 6.07) is 7.96. The third kappa shape index (κ3) is 1.62. The zero-order valence-corrected chi connectivity index (χ0v) is 8.69. The Labute approximate surface area is 84.5 Å². The Morgan fingerprint density at radius 1 is 1.31 bits per heavy atom. The van der Waals surface area contributed by atoms with E-state index in [9.17, 15) is 0 Å². The van der Waals surface area contributed by atoms with Gasteiger partial charge in [0.05, 0.1) is 6.20 Å². The van der Waals surface area contributed by atoms with Gasteiger partial charge in [0.2, 0.25) is 0 Å². The molecule has 66 valence electrons. The molecule has 1 aromatic carbocycles. The fraction of sp³-hybridized carbons (Fsp3) is 0.111. The van der Waals surface area contributed by atoms with Gasteiger partial charge in [-0.15, -0.1) is 5.10 Å². The van der Waals surface area contributed by atoms with Crippen molar-refractivity contribution >= 4 is 15.9 Å². The quantitative estimate of drug-likeness (QED) is 0.762. The molecule has 4 heteroatoms. The van der Waals surface area contributed by atoms with Crippen LogP contribution in [0.4, 0.5) is 0 Å². The molecule has 3 nitrogen and oxygen atoms in total. The molecule has 0 aliphatic heterocycles. The Morgan fingerprint density at radius 3 is 2.69 bits per heavy atom. The molecule has 0 saturated carbocycles. The molecule has 0 N–H and O–H groups in total. The summed E-state index contributed by atoms with van der Waals surface area (Å²) in [4.78, 5) is 0. The van der Waals surface area contributed by atoms with Crippen molar-refractivity contribution in [2.75, 3.05) is 0 Å². The fourth-order valence-electron chi connectivity index (χ4n) is 1.14. The van der Waals surface area contributed by atoms with Crippen molar-refractivity contribution in [1.82, 2.24) is 15.0 Å². The SMILES string of the molecule is Cn1cc(-c2ccccc2Br)nn1. The zero-order chi connectivity index (χ0) is 9.26. The summed E-state index contributed by atoms with van der Waals surface area (Å²) in [5.41, 5.74) is 1.95. The van der Waals surface area contributed by atoms with Crippen LogP contribution in [0.3, 0.4) is 0 Å². The van der Waals surface area contributed by atoms with E-state index >= 15 is 0 Å².